The first-order valence-electron chi connectivity index (χ1n) is 7.17. The molecule has 0 fully saturated rings. The predicted molar refractivity (Wildman–Crippen MR) is 84.9 cm³/mol. The number of benzene rings is 1. The molecule has 1 aliphatic rings. The fourth-order valence-electron chi connectivity index (χ4n) is 2.53. The molecule has 0 amide bonds. The molecule has 20 heavy (non-hydrogen) atoms. The molecule has 1 aromatic carbocycles. The second-order valence-electron chi connectivity index (χ2n) is 5.78. The number of aromatic nitrogens is 1. The van der Waals surface area contributed by atoms with Crippen molar-refractivity contribution < 1.29 is 0 Å². The average Bonchev–Trinajstić information content (AvgIpc) is 2.85. The summed E-state index contributed by atoms with van der Waals surface area (Å²) >= 11 is 1.89. The highest BCUT2D eigenvalue weighted by molar-refractivity contribution is 7.11. The van der Waals surface area contributed by atoms with Crippen LogP contribution < -0.4 is 5.73 Å². The minimum absolute atomic E-state index is 0.538. The fraction of sp³-hybridized carbons (Fsp3) is 0.438. The number of hydrogen-bond donors (Lipinski definition) is 1. The summed E-state index contributed by atoms with van der Waals surface area (Å²) in [4.78, 5) is 8.73. The normalized spacial score (nSPS) is 15.6. The lowest BCUT2D eigenvalue weighted by atomic mass is 10.1. The zero-order chi connectivity index (χ0) is 14.1. The number of hydrogen-bond acceptors (Lipinski definition) is 4. The number of anilines is 1. The number of rotatable bonds is 3. The zero-order valence-electron chi connectivity index (χ0n) is 12.1. The van der Waals surface area contributed by atoms with Gasteiger partial charge in [0.2, 0.25) is 0 Å². The Morgan fingerprint density at radius 3 is 2.75 bits per heavy atom. The van der Waals surface area contributed by atoms with E-state index in [1.165, 1.54) is 21.1 Å². The molecule has 0 saturated carbocycles. The molecule has 0 aliphatic carbocycles. The molecule has 3 rings (SSSR count). The SMILES string of the molecule is CC(C)c1nc2c(s1)CN(Cc1ccc(N)cc1)CC2. The van der Waals surface area contributed by atoms with E-state index in [4.69, 9.17) is 10.7 Å². The molecule has 106 valence electrons. The Bertz CT molecular complexity index is 586. The molecule has 0 spiro atoms. The third kappa shape index (κ3) is 2.86. The van der Waals surface area contributed by atoms with Crippen LogP contribution in [0.4, 0.5) is 5.69 Å². The lowest BCUT2D eigenvalue weighted by Crippen LogP contribution is -2.29. The van der Waals surface area contributed by atoms with Crippen molar-refractivity contribution in [1.29, 1.82) is 0 Å². The minimum atomic E-state index is 0.538. The average molecular weight is 287 g/mol. The molecule has 2 N–H and O–H groups in total. The number of thiazole rings is 1. The van der Waals surface area contributed by atoms with Crippen molar-refractivity contribution >= 4 is 17.0 Å². The van der Waals surface area contributed by atoms with Crippen LogP contribution in [0.1, 0.15) is 40.9 Å². The van der Waals surface area contributed by atoms with Gasteiger partial charge >= 0.3 is 0 Å². The summed E-state index contributed by atoms with van der Waals surface area (Å²) in [6, 6.07) is 8.21. The Balaban J connectivity index is 1.70. The standard InChI is InChI=1S/C16H21N3S/c1-11(2)16-18-14-7-8-19(10-15(14)20-16)9-12-3-5-13(17)6-4-12/h3-6,11H,7-10,17H2,1-2H3. The van der Waals surface area contributed by atoms with Gasteiger partial charge in [0.25, 0.3) is 0 Å². The van der Waals surface area contributed by atoms with E-state index in [0.717, 1.165) is 31.7 Å². The summed E-state index contributed by atoms with van der Waals surface area (Å²) in [6.45, 7) is 7.56. The summed E-state index contributed by atoms with van der Waals surface area (Å²) in [5.74, 6) is 0.538. The molecule has 1 aromatic heterocycles. The number of fused-ring (bicyclic) bond motifs is 1. The first kappa shape index (κ1) is 13.6. The Labute approximate surface area is 124 Å². The maximum Gasteiger partial charge on any atom is 0.0957 e. The van der Waals surface area contributed by atoms with Crippen molar-refractivity contribution in [3.8, 4) is 0 Å². The van der Waals surface area contributed by atoms with Crippen molar-refractivity contribution in [3.05, 3.63) is 45.4 Å². The van der Waals surface area contributed by atoms with Crippen molar-refractivity contribution in [1.82, 2.24) is 9.88 Å². The summed E-state index contributed by atoms with van der Waals surface area (Å²) in [5.41, 5.74) is 9.22. The maximum atomic E-state index is 5.73. The van der Waals surface area contributed by atoms with E-state index in [1.54, 1.807) is 0 Å². The van der Waals surface area contributed by atoms with E-state index in [-0.39, 0.29) is 0 Å². The monoisotopic (exact) mass is 287 g/mol. The summed E-state index contributed by atoms with van der Waals surface area (Å²) in [7, 11) is 0. The van der Waals surface area contributed by atoms with Crippen LogP contribution in [-0.4, -0.2) is 16.4 Å². The van der Waals surface area contributed by atoms with Gasteiger partial charge in [0.15, 0.2) is 0 Å². The second-order valence-corrected chi connectivity index (χ2v) is 6.89. The Morgan fingerprint density at radius 1 is 1.30 bits per heavy atom. The topological polar surface area (TPSA) is 42.2 Å². The van der Waals surface area contributed by atoms with E-state index in [0.29, 0.717) is 5.92 Å². The summed E-state index contributed by atoms with van der Waals surface area (Å²) < 4.78 is 0. The van der Waals surface area contributed by atoms with E-state index >= 15 is 0 Å². The molecular weight excluding hydrogens is 266 g/mol. The van der Waals surface area contributed by atoms with Crippen LogP contribution in [0.25, 0.3) is 0 Å². The molecule has 2 heterocycles. The maximum absolute atomic E-state index is 5.73. The molecule has 1 aliphatic heterocycles. The largest absolute Gasteiger partial charge is 0.399 e. The van der Waals surface area contributed by atoms with Gasteiger partial charge in [0.05, 0.1) is 10.7 Å². The fourth-order valence-corrected chi connectivity index (χ4v) is 3.69. The second kappa shape index (κ2) is 5.54. The van der Waals surface area contributed by atoms with Crippen molar-refractivity contribution in [3.63, 3.8) is 0 Å². The van der Waals surface area contributed by atoms with Crippen molar-refractivity contribution in [2.24, 2.45) is 0 Å². The molecule has 0 saturated heterocycles. The van der Waals surface area contributed by atoms with E-state index in [2.05, 4.69) is 30.9 Å². The molecule has 0 radical (unpaired) electrons. The van der Waals surface area contributed by atoms with Gasteiger partial charge in [-0.15, -0.1) is 11.3 Å². The van der Waals surface area contributed by atoms with Gasteiger partial charge in [0, 0.05) is 42.5 Å². The van der Waals surface area contributed by atoms with Crippen LogP contribution in [0, 0.1) is 0 Å². The molecule has 3 nitrogen and oxygen atoms in total. The van der Waals surface area contributed by atoms with Gasteiger partial charge in [0.1, 0.15) is 0 Å². The van der Waals surface area contributed by atoms with E-state index in [1.807, 2.05) is 23.5 Å². The zero-order valence-corrected chi connectivity index (χ0v) is 12.9. The Kier molecular flexibility index (Phi) is 3.76. The van der Waals surface area contributed by atoms with Gasteiger partial charge in [-0.2, -0.15) is 0 Å². The third-order valence-electron chi connectivity index (χ3n) is 3.71. The van der Waals surface area contributed by atoms with Crippen LogP contribution in [0.15, 0.2) is 24.3 Å². The molecule has 2 aromatic rings. The minimum Gasteiger partial charge on any atom is -0.399 e. The van der Waals surface area contributed by atoms with Crippen LogP contribution in [0.3, 0.4) is 0 Å². The number of nitrogen functional groups attached to an aromatic ring is 1. The summed E-state index contributed by atoms with van der Waals surface area (Å²) in [5, 5.41) is 1.28. The highest BCUT2D eigenvalue weighted by Gasteiger charge is 2.21. The van der Waals surface area contributed by atoms with Crippen molar-refractivity contribution in [2.75, 3.05) is 12.3 Å². The lowest BCUT2D eigenvalue weighted by Gasteiger charge is -2.25. The number of nitrogens with zero attached hydrogens (tertiary/aromatic N) is 2. The van der Waals surface area contributed by atoms with Crippen LogP contribution in [0.2, 0.25) is 0 Å². The molecule has 4 heteroatoms. The van der Waals surface area contributed by atoms with Gasteiger partial charge in [-0.3, -0.25) is 4.90 Å². The molecule has 0 unspecified atom stereocenters. The smallest absolute Gasteiger partial charge is 0.0957 e. The highest BCUT2D eigenvalue weighted by Crippen LogP contribution is 2.29. The van der Waals surface area contributed by atoms with Crippen LogP contribution in [0.5, 0.6) is 0 Å². The van der Waals surface area contributed by atoms with E-state index < -0.39 is 0 Å². The lowest BCUT2D eigenvalue weighted by molar-refractivity contribution is 0.247. The summed E-state index contributed by atoms with van der Waals surface area (Å²) in [6.07, 6.45) is 1.08. The van der Waals surface area contributed by atoms with Gasteiger partial charge < -0.3 is 5.73 Å². The van der Waals surface area contributed by atoms with Gasteiger partial charge in [-0.05, 0) is 17.7 Å². The van der Waals surface area contributed by atoms with Crippen LogP contribution in [-0.2, 0) is 19.5 Å². The molecule has 0 bridgehead atoms. The first-order chi connectivity index (χ1) is 9.61. The highest BCUT2D eigenvalue weighted by atomic mass is 32.1. The van der Waals surface area contributed by atoms with Gasteiger partial charge in [-0.1, -0.05) is 26.0 Å². The molecule has 0 atom stereocenters. The first-order valence-corrected chi connectivity index (χ1v) is 7.98. The third-order valence-corrected chi connectivity index (χ3v) is 5.09. The quantitative estimate of drug-likeness (QED) is 0.880. The predicted octanol–water partition coefficient (Wildman–Crippen LogP) is 3.41. The Morgan fingerprint density at radius 2 is 2.05 bits per heavy atom. The van der Waals surface area contributed by atoms with Crippen molar-refractivity contribution in [2.45, 2.75) is 39.3 Å². The van der Waals surface area contributed by atoms with Gasteiger partial charge in [-0.25, -0.2) is 4.98 Å². The molecular formula is C16H21N3S. The van der Waals surface area contributed by atoms with Crippen LogP contribution >= 0.6 is 11.3 Å². The van der Waals surface area contributed by atoms with E-state index in [9.17, 15) is 0 Å². The Hall–Kier alpha value is -1.39. The number of nitrogens with two attached hydrogens (primary N) is 1.